The Morgan fingerprint density at radius 1 is 1.12 bits per heavy atom. The summed E-state index contributed by atoms with van der Waals surface area (Å²) in [5.74, 6) is 1.80. The van der Waals surface area contributed by atoms with Gasteiger partial charge in [-0.05, 0) is 62.4 Å². The van der Waals surface area contributed by atoms with Gasteiger partial charge < -0.3 is 5.32 Å². The Morgan fingerprint density at radius 3 is 2.72 bits per heavy atom. The zero-order valence-corrected chi connectivity index (χ0v) is 15.3. The van der Waals surface area contributed by atoms with Gasteiger partial charge in [-0.15, -0.1) is 11.3 Å². The quantitative estimate of drug-likeness (QED) is 0.732. The molecular formula is C21H23N3S. The average molecular weight is 350 g/mol. The molecule has 0 radical (unpaired) electrons. The van der Waals surface area contributed by atoms with E-state index in [4.69, 9.17) is 4.98 Å². The smallest absolute Gasteiger partial charge is 0.126 e. The first-order valence-corrected chi connectivity index (χ1v) is 10.1. The van der Waals surface area contributed by atoms with Gasteiger partial charge in [-0.25, -0.2) is 4.98 Å². The number of hydrogen-bond acceptors (Lipinski definition) is 4. The first kappa shape index (κ1) is 15.4. The average Bonchev–Trinajstić information content (AvgIpc) is 3.10. The SMILES string of the molecule is CC1C(Nc2ccc(-c3csc4ccccc34)cn2)C2CCN1CC2. The Hall–Kier alpha value is -1.91. The Morgan fingerprint density at radius 2 is 1.96 bits per heavy atom. The monoisotopic (exact) mass is 349 g/mol. The van der Waals surface area contributed by atoms with E-state index in [1.165, 1.54) is 47.1 Å². The number of fused-ring (bicyclic) bond motifs is 4. The van der Waals surface area contributed by atoms with Crippen molar-refractivity contribution >= 4 is 27.2 Å². The molecule has 1 aromatic carbocycles. The van der Waals surface area contributed by atoms with Crippen molar-refractivity contribution in [3.63, 3.8) is 0 Å². The topological polar surface area (TPSA) is 28.2 Å². The van der Waals surface area contributed by atoms with E-state index in [0.717, 1.165) is 11.7 Å². The number of aromatic nitrogens is 1. The first-order valence-electron chi connectivity index (χ1n) is 9.23. The minimum absolute atomic E-state index is 0.530. The summed E-state index contributed by atoms with van der Waals surface area (Å²) in [5, 5.41) is 7.28. The van der Waals surface area contributed by atoms with Gasteiger partial charge in [0.2, 0.25) is 0 Å². The zero-order valence-electron chi connectivity index (χ0n) is 14.5. The Labute approximate surface area is 152 Å². The molecule has 3 aromatic rings. The van der Waals surface area contributed by atoms with Gasteiger partial charge >= 0.3 is 0 Å². The third-order valence-corrected chi connectivity index (χ3v) is 7.01. The van der Waals surface area contributed by atoms with Crippen molar-refractivity contribution < 1.29 is 0 Å². The van der Waals surface area contributed by atoms with E-state index in [2.05, 4.69) is 58.9 Å². The lowest BCUT2D eigenvalue weighted by Gasteiger charge is -2.50. The number of piperidine rings is 3. The molecule has 3 saturated heterocycles. The predicted octanol–water partition coefficient (Wildman–Crippen LogP) is 4.86. The van der Waals surface area contributed by atoms with Gasteiger partial charge in [0.15, 0.2) is 0 Å². The first-order chi connectivity index (χ1) is 12.3. The molecule has 0 amide bonds. The Balaban J connectivity index is 1.39. The molecular weight excluding hydrogens is 326 g/mol. The maximum absolute atomic E-state index is 4.73. The van der Waals surface area contributed by atoms with Gasteiger partial charge in [0.05, 0.1) is 0 Å². The molecule has 2 bridgehead atoms. The maximum Gasteiger partial charge on any atom is 0.126 e. The lowest BCUT2D eigenvalue weighted by molar-refractivity contribution is 0.0457. The molecule has 2 aromatic heterocycles. The molecule has 25 heavy (non-hydrogen) atoms. The predicted molar refractivity (Wildman–Crippen MR) is 106 cm³/mol. The molecule has 0 saturated carbocycles. The fourth-order valence-electron chi connectivity index (χ4n) is 4.56. The number of hydrogen-bond donors (Lipinski definition) is 1. The van der Waals surface area contributed by atoms with Crippen LogP contribution in [0.2, 0.25) is 0 Å². The summed E-state index contributed by atoms with van der Waals surface area (Å²) in [6, 6.07) is 14.1. The van der Waals surface area contributed by atoms with Crippen molar-refractivity contribution in [3.05, 3.63) is 48.0 Å². The van der Waals surface area contributed by atoms with E-state index >= 15 is 0 Å². The fourth-order valence-corrected chi connectivity index (χ4v) is 5.53. The van der Waals surface area contributed by atoms with E-state index in [1.807, 2.05) is 6.20 Å². The summed E-state index contributed by atoms with van der Waals surface area (Å²) in [6.45, 7) is 4.89. The number of nitrogens with one attached hydrogen (secondary N) is 1. The van der Waals surface area contributed by atoms with Gasteiger partial charge in [0.1, 0.15) is 5.82 Å². The summed E-state index contributed by atoms with van der Waals surface area (Å²) in [4.78, 5) is 7.34. The molecule has 5 heterocycles. The van der Waals surface area contributed by atoms with Crippen LogP contribution in [-0.4, -0.2) is 35.1 Å². The maximum atomic E-state index is 4.73. The van der Waals surface area contributed by atoms with E-state index in [-0.39, 0.29) is 0 Å². The Kier molecular flexibility index (Phi) is 3.75. The molecule has 4 heteroatoms. The van der Waals surface area contributed by atoms with E-state index in [9.17, 15) is 0 Å². The summed E-state index contributed by atoms with van der Waals surface area (Å²) in [6.07, 6.45) is 4.66. The van der Waals surface area contributed by atoms with Gasteiger partial charge in [0, 0.05) is 39.5 Å². The van der Waals surface area contributed by atoms with Gasteiger partial charge in [-0.1, -0.05) is 18.2 Å². The van der Waals surface area contributed by atoms with Gasteiger partial charge in [0.25, 0.3) is 0 Å². The van der Waals surface area contributed by atoms with E-state index in [0.29, 0.717) is 12.1 Å². The summed E-state index contributed by atoms with van der Waals surface area (Å²) < 4.78 is 1.33. The molecule has 128 valence electrons. The molecule has 3 fully saturated rings. The standard InChI is InChI=1S/C21H23N3S/c1-14-21(15-8-10-24(14)11-9-15)23-20-7-6-16(12-22-20)18-13-25-19-5-3-2-4-17(18)19/h2-7,12-15,21H,8-11H2,1H3,(H,22,23). The number of pyridine rings is 1. The molecule has 6 rings (SSSR count). The molecule has 0 aliphatic carbocycles. The van der Waals surface area contributed by atoms with Crippen molar-refractivity contribution in [1.82, 2.24) is 9.88 Å². The van der Waals surface area contributed by atoms with Crippen molar-refractivity contribution in [2.45, 2.75) is 31.8 Å². The van der Waals surface area contributed by atoms with E-state index in [1.54, 1.807) is 11.3 Å². The van der Waals surface area contributed by atoms with Crippen LogP contribution in [0.1, 0.15) is 19.8 Å². The molecule has 3 nitrogen and oxygen atoms in total. The fraction of sp³-hybridized carbons (Fsp3) is 0.381. The summed E-state index contributed by atoms with van der Waals surface area (Å²) in [7, 11) is 0. The van der Waals surface area contributed by atoms with Crippen molar-refractivity contribution in [3.8, 4) is 11.1 Å². The van der Waals surface area contributed by atoms with Crippen LogP contribution in [0.3, 0.4) is 0 Å². The normalized spacial score (nSPS) is 28.4. The molecule has 0 spiro atoms. The molecule has 2 atom stereocenters. The van der Waals surface area contributed by atoms with Crippen LogP contribution in [0.5, 0.6) is 0 Å². The lowest BCUT2D eigenvalue weighted by Crippen LogP contribution is -2.59. The number of anilines is 1. The second kappa shape index (κ2) is 6.11. The highest BCUT2D eigenvalue weighted by Crippen LogP contribution is 2.35. The second-order valence-electron chi connectivity index (χ2n) is 7.36. The highest BCUT2D eigenvalue weighted by Gasteiger charge is 2.39. The highest BCUT2D eigenvalue weighted by atomic mass is 32.1. The highest BCUT2D eigenvalue weighted by molar-refractivity contribution is 7.17. The number of nitrogens with zero attached hydrogens (tertiary/aromatic N) is 2. The van der Waals surface area contributed by atoms with Crippen LogP contribution in [0.25, 0.3) is 21.2 Å². The molecule has 2 unspecified atom stereocenters. The minimum Gasteiger partial charge on any atom is -0.365 e. The number of thiophene rings is 1. The van der Waals surface area contributed by atoms with Crippen molar-refractivity contribution in [2.75, 3.05) is 18.4 Å². The third-order valence-electron chi connectivity index (χ3n) is 6.05. The van der Waals surface area contributed by atoms with Crippen LogP contribution in [0.4, 0.5) is 5.82 Å². The molecule has 3 aliphatic heterocycles. The largest absolute Gasteiger partial charge is 0.365 e. The lowest BCUT2D eigenvalue weighted by atomic mass is 9.79. The van der Waals surface area contributed by atoms with Gasteiger partial charge in [-0.2, -0.15) is 0 Å². The molecule has 3 aliphatic rings. The summed E-state index contributed by atoms with van der Waals surface area (Å²) in [5.41, 5.74) is 2.49. The third kappa shape index (κ3) is 2.64. The summed E-state index contributed by atoms with van der Waals surface area (Å²) >= 11 is 1.80. The van der Waals surface area contributed by atoms with E-state index < -0.39 is 0 Å². The van der Waals surface area contributed by atoms with Gasteiger partial charge in [-0.3, -0.25) is 4.90 Å². The minimum atomic E-state index is 0.530. The van der Waals surface area contributed by atoms with Crippen LogP contribution in [0, 0.1) is 5.92 Å². The van der Waals surface area contributed by atoms with Crippen molar-refractivity contribution in [1.29, 1.82) is 0 Å². The second-order valence-corrected chi connectivity index (χ2v) is 8.27. The van der Waals surface area contributed by atoms with Crippen LogP contribution >= 0.6 is 11.3 Å². The number of benzene rings is 1. The van der Waals surface area contributed by atoms with Crippen LogP contribution in [0.15, 0.2) is 48.0 Å². The zero-order chi connectivity index (χ0) is 16.8. The van der Waals surface area contributed by atoms with Crippen LogP contribution in [-0.2, 0) is 0 Å². The Bertz CT molecular complexity index is 876. The van der Waals surface area contributed by atoms with Crippen LogP contribution < -0.4 is 5.32 Å². The molecule has 1 N–H and O–H groups in total. The number of rotatable bonds is 3. The van der Waals surface area contributed by atoms with Crippen molar-refractivity contribution in [2.24, 2.45) is 5.92 Å².